The van der Waals surface area contributed by atoms with E-state index in [1.807, 2.05) is 36.4 Å². The van der Waals surface area contributed by atoms with E-state index in [1.165, 1.54) is 0 Å². The van der Waals surface area contributed by atoms with Gasteiger partial charge >= 0.3 is 0 Å². The van der Waals surface area contributed by atoms with Gasteiger partial charge in [-0.05, 0) is 36.6 Å². The summed E-state index contributed by atoms with van der Waals surface area (Å²) in [6, 6.07) is 12.0. The van der Waals surface area contributed by atoms with Gasteiger partial charge in [-0.25, -0.2) is 8.42 Å². The number of nitrogens with zero attached hydrogens (tertiary/aromatic N) is 4. The summed E-state index contributed by atoms with van der Waals surface area (Å²) in [6.07, 6.45) is 6.71. The molecule has 4 aromatic rings. The van der Waals surface area contributed by atoms with Gasteiger partial charge in [0, 0.05) is 35.9 Å². The molecular weight excluding hydrogens is 402 g/mol. The van der Waals surface area contributed by atoms with E-state index < -0.39 is 9.84 Å². The van der Waals surface area contributed by atoms with E-state index in [0.29, 0.717) is 22.8 Å². The summed E-state index contributed by atoms with van der Waals surface area (Å²) in [5.74, 6) is 0.795. The first-order chi connectivity index (χ1) is 14.5. The maximum absolute atomic E-state index is 12.1. The van der Waals surface area contributed by atoms with Gasteiger partial charge in [0.25, 0.3) is 0 Å². The molecule has 3 heterocycles. The first kappa shape index (κ1) is 18.5. The van der Waals surface area contributed by atoms with Gasteiger partial charge in [-0.15, -0.1) is 0 Å². The number of nitrogens with one attached hydrogen (secondary N) is 3. The number of fused-ring (bicyclic) bond motifs is 1. The molecule has 3 aromatic heterocycles. The molecule has 0 aliphatic heterocycles. The first-order valence-electron chi connectivity index (χ1n) is 9.47. The third-order valence-corrected chi connectivity index (χ3v) is 5.82. The van der Waals surface area contributed by atoms with Crippen LogP contribution in [0.15, 0.2) is 53.8 Å². The summed E-state index contributed by atoms with van der Waals surface area (Å²) in [4.78, 5) is 13.1. The molecule has 0 atom stereocenters. The van der Waals surface area contributed by atoms with Crippen LogP contribution in [0.25, 0.3) is 22.2 Å². The molecule has 10 heteroatoms. The predicted molar refractivity (Wildman–Crippen MR) is 114 cm³/mol. The van der Waals surface area contributed by atoms with Crippen LogP contribution in [0, 0.1) is 0 Å². The van der Waals surface area contributed by atoms with Crippen molar-refractivity contribution in [2.75, 3.05) is 16.9 Å². The number of aromatic amines is 1. The van der Waals surface area contributed by atoms with Gasteiger partial charge in [-0.2, -0.15) is 15.1 Å². The molecule has 3 N–H and O–H groups in total. The van der Waals surface area contributed by atoms with E-state index in [9.17, 15) is 8.42 Å². The van der Waals surface area contributed by atoms with Crippen LogP contribution in [0.4, 0.5) is 17.5 Å². The average molecular weight is 421 g/mol. The summed E-state index contributed by atoms with van der Waals surface area (Å²) in [5.41, 5.74) is 3.09. The number of aromatic nitrogens is 5. The molecular formula is C20H19N7O2S. The van der Waals surface area contributed by atoms with Gasteiger partial charge in [-0.3, -0.25) is 10.1 Å². The first-order valence-corrected chi connectivity index (χ1v) is 11.4. The fourth-order valence-electron chi connectivity index (χ4n) is 3.19. The topological polar surface area (TPSA) is 126 Å². The third kappa shape index (κ3) is 3.69. The van der Waals surface area contributed by atoms with Crippen molar-refractivity contribution in [3.05, 3.63) is 48.8 Å². The number of sulfone groups is 1. The lowest BCUT2D eigenvalue weighted by Crippen LogP contribution is -2.08. The number of anilines is 3. The van der Waals surface area contributed by atoms with E-state index in [4.69, 9.17) is 0 Å². The average Bonchev–Trinajstić information content (AvgIpc) is 3.43. The largest absolute Gasteiger partial charge is 0.367 e. The molecule has 152 valence electrons. The number of rotatable bonds is 6. The SMILES string of the molecule is CS(=O)(=O)c1[nH]nc2nc(Nc3cccc(-c4cccnc4)c3)nc(NC3CC3)c12. The quantitative estimate of drug-likeness (QED) is 0.433. The highest BCUT2D eigenvalue weighted by Crippen LogP contribution is 2.32. The molecule has 0 bridgehead atoms. The van der Waals surface area contributed by atoms with Gasteiger partial charge < -0.3 is 10.6 Å². The van der Waals surface area contributed by atoms with E-state index in [2.05, 4.69) is 35.8 Å². The summed E-state index contributed by atoms with van der Waals surface area (Å²) in [5, 5.41) is 13.6. The Labute approximate surface area is 172 Å². The van der Waals surface area contributed by atoms with Crippen LogP contribution >= 0.6 is 0 Å². The number of hydrogen-bond donors (Lipinski definition) is 3. The summed E-state index contributed by atoms with van der Waals surface area (Å²) in [7, 11) is -3.50. The van der Waals surface area contributed by atoms with Gasteiger partial charge in [0.15, 0.2) is 20.5 Å². The monoisotopic (exact) mass is 421 g/mol. The predicted octanol–water partition coefficient (Wildman–Crippen LogP) is 3.14. The standard InChI is InChI=1S/C20H19N7O2S/c1-30(28,29)19-16-17(22-14-7-8-14)24-20(25-18(16)26-27-19)23-15-6-2-4-12(10-15)13-5-3-9-21-11-13/h2-6,9-11,14H,7-8H2,1H3,(H3,22,23,24,25,26,27). The van der Waals surface area contributed by atoms with Crippen LogP contribution in [0.3, 0.4) is 0 Å². The Kier molecular flexibility index (Phi) is 4.35. The molecule has 1 aliphatic rings. The lowest BCUT2D eigenvalue weighted by molar-refractivity contribution is 0.598. The second-order valence-corrected chi connectivity index (χ2v) is 9.24. The second-order valence-electron chi connectivity index (χ2n) is 7.29. The zero-order chi connectivity index (χ0) is 20.7. The zero-order valence-corrected chi connectivity index (χ0v) is 16.9. The lowest BCUT2D eigenvalue weighted by atomic mass is 10.1. The Bertz CT molecular complexity index is 1330. The normalized spacial score (nSPS) is 14.0. The summed E-state index contributed by atoms with van der Waals surface area (Å²) >= 11 is 0. The van der Waals surface area contributed by atoms with Crippen LogP contribution in [-0.2, 0) is 9.84 Å². The molecule has 0 saturated heterocycles. The van der Waals surface area contributed by atoms with Crippen molar-refractivity contribution in [2.24, 2.45) is 0 Å². The van der Waals surface area contributed by atoms with Gasteiger partial charge in [0.1, 0.15) is 11.2 Å². The smallest absolute Gasteiger partial charge is 0.231 e. The minimum Gasteiger partial charge on any atom is -0.367 e. The van der Waals surface area contributed by atoms with Crippen molar-refractivity contribution in [1.29, 1.82) is 0 Å². The fourth-order valence-corrected chi connectivity index (χ4v) is 3.96. The summed E-state index contributed by atoms with van der Waals surface area (Å²) in [6.45, 7) is 0. The van der Waals surface area contributed by atoms with Crippen molar-refractivity contribution < 1.29 is 8.42 Å². The van der Waals surface area contributed by atoms with Crippen molar-refractivity contribution in [3.8, 4) is 11.1 Å². The maximum Gasteiger partial charge on any atom is 0.231 e. The summed E-state index contributed by atoms with van der Waals surface area (Å²) < 4.78 is 24.3. The fraction of sp³-hybridized carbons (Fsp3) is 0.200. The van der Waals surface area contributed by atoms with Crippen molar-refractivity contribution in [2.45, 2.75) is 23.9 Å². The van der Waals surface area contributed by atoms with Crippen LogP contribution in [0.2, 0.25) is 0 Å². The van der Waals surface area contributed by atoms with Crippen LogP contribution in [-0.4, -0.2) is 45.9 Å². The van der Waals surface area contributed by atoms with E-state index >= 15 is 0 Å². The number of H-pyrrole nitrogens is 1. The Morgan fingerprint density at radius 2 is 1.93 bits per heavy atom. The number of pyridine rings is 1. The van der Waals surface area contributed by atoms with Gasteiger partial charge in [0.05, 0.1) is 0 Å². The molecule has 0 radical (unpaired) electrons. The molecule has 1 saturated carbocycles. The second kappa shape index (κ2) is 7.06. The van der Waals surface area contributed by atoms with Crippen LogP contribution < -0.4 is 10.6 Å². The zero-order valence-electron chi connectivity index (χ0n) is 16.1. The molecule has 0 unspecified atom stereocenters. The Morgan fingerprint density at radius 3 is 2.67 bits per heavy atom. The molecule has 5 rings (SSSR count). The molecule has 9 nitrogen and oxygen atoms in total. The Hall–Kier alpha value is -3.53. The third-order valence-electron chi connectivity index (χ3n) is 4.78. The maximum atomic E-state index is 12.1. The van der Waals surface area contributed by atoms with E-state index in [-0.39, 0.29) is 11.1 Å². The number of hydrogen-bond acceptors (Lipinski definition) is 8. The number of benzene rings is 1. The van der Waals surface area contributed by atoms with E-state index in [0.717, 1.165) is 35.9 Å². The lowest BCUT2D eigenvalue weighted by Gasteiger charge is -2.11. The Morgan fingerprint density at radius 1 is 1.10 bits per heavy atom. The molecule has 1 aromatic carbocycles. The molecule has 0 amide bonds. The molecule has 0 spiro atoms. The highest BCUT2D eigenvalue weighted by molar-refractivity contribution is 7.90. The molecule has 30 heavy (non-hydrogen) atoms. The van der Waals surface area contributed by atoms with Gasteiger partial charge in [-0.1, -0.05) is 18.2 Å². The van der Waals surface area contributed by atoms with E-state index in [1.54, 1.807) is 12.4 Å². The Balaban J connectivity index is 1.54. The minimum atomic E-state index is -3.50. The highest BCUT2D eigenvalue weighted by atomic mass is 32.2. The van der Waals surface area contributed by atoms with Crippen molar-refractivity contribution in [3.63, 3.8) is 0 Å². The van der Waals surface area contributed by atoms with Crippen LogP contribution in [0.5, 0.6) is 0 Å². The van der Waals surface area contributed by atoms with Crippen molar-refractivity contribution >= 4 is 38.3 Å². The molecule has 1 fully saturated rings. The van der Waals surface area contributed by atoms with Gasteiger partial charge in [0.2, 0.25) is 5.95 Å². The minimum absolute atomic E-state index is 0.0192. The van der Waals surface area contributed by atoms with Crippen molar-refractivity contribution in [1.82, 2.24) is 25.1 Å². The highest BCUT2D eigenvalue weighted by Gasteiger charge is 2.27. The van der Waals surface area contributed by atoms with Crippen LogP contribution in [0.1, 0.15) is 12.8 Å². The molecule has 1 aliphatic carbocycles.